The number of hydrogen-bond acceptors (Lipinski definition) is 1. The van der Waals surface area contributed by atoms with Crippen molar-refractivity contribution in [3.63, 3.8) is 0 Å². The molecule has 0 aliphatic heterocycles. The van der Waals surface area contributed by atoms with Crippen molar-refractivity contribution in [2.45, 2.75) is 26.7 Å². The van der Waals surface area contributed by atoms with Crippen LogP contribution >= 0.6 is 11.6 Å². The number of aryl methyl sites for hydroxylation is 1. The molecular formula is C11H13ClN2. The van der Waals surface area contributed by atoms with E-state index in [1.54, 1.807) is 0 Å². The summed E-state index contributed by atoms with van der Waals surface area (Å²) in [7, 11) is 0. The molecule has 1 N–H and O–H groups in total. The first-order chi connectivity index (χ1) is 6.59. The second-order valence-corrected chi connectivity index (χ2v) is 4.22. The van der Waals surface area contributed by atoms with Crippen molar-refractivity contribution in [3.05, 3.63) is 28.5 Å². The van der Waals surface area contributed by atoms with Crippen molar-refractivity contribution < 1.29 is 0 Å². The fourth-order valence-corrected chi connectivity index (χ4v) is 2.05. The number of benzene rings is 1. The largest absolute Gasteiger partial charge is 0.342 e. The Balaban J connectivity index is 2.74. The van der Waals surface area contributed by atoms with E-state index >= 15 is 0 Å². The van der Waals surface area contributed by atoms with Gasteiger partial charge < -0.3 is 4.98 Å². The number of H-pyrrole nitrogens is 1. The summed E-state index contributed by atoms with van der Waals surface area (Å²) < 4.78 is 0. The molecule has 3 heteroatoms. The molecule has 0 unspecified atom stereocenters. The summed E-state index contributed by atoms with van der Waals surface area (Å²) in [6, 6.07) is 4.10. The van der Waals surface area contributed by atoms with Gasteiger partial charge in [0.25, 0.3) is 0 Å². The molecule has 2 nitrogen and oxygen atoms in total. The molecule has 0 amide bonds. The molecular weight excluding hydrogens is 196 g/mol. The second kappa shape index (κ2) is 3.28. The molecule has 0 spiro atoms. The van der Waals surface area contributed by atoms with Crippen LogP contribution in [0.2, 0.25) is 5.02 Å². The minimum atomic E-state index is 0.434. The van der Waals surface area contributed by atoms with Crippen molar-refractivity contribution in [2.75, 3.05) is 0 Å². The first-order valence-electron chi connectivity index (χ1n) is 4.74. The first kappa shape index (κ1) is 9.53. The molecule has 1 aromatic carbocycles. The quantitative estimate of drug-likeness (QED) is 0.762. The fourth-order valence-electron chi connectivity index (χ4n) is 1.63. The van der Waals surface area contributed by atoms with E-state index in [1.807, 2.05) is 13.0 Å². The molecule has 1 aromatic heterocycles. The number of hydrogen-bond donors (Lipinski definition) is 1. The van der Waals surface area contributed by atoms with Gasteiger partial charge in [0, 0.05) is 0 Å². The monoisotopic (exact) mass is 208 g/mol. The van der Waals surface area contributed by atoms with Crippen LogP contribution in [-0.4, -0.2) is 9.97 Å². The molecule has 2 rings (SSSR count). The Labute approximate surface area is 88.3 Å². The molecule has 2 aromatic rings. The minimum absolute atomic E-state index is 0.434. The summed E-state index contributed by atoms with van der Waals surface area (Å²) in [4.78, 5) is 7.54. The van der Waals surface area contributed by atoms with Gasteiger partial charge in [-0.2, -0.15) is 0 Å². The van der Waals surface area contributed by atoms with Crippen molar-refractivity contribution in [2.24, 2.45) is 0 Å². The molecule has 0 saturated carbocycles. The number of rotatable bonds is 1. The van der Waals surface area contributed by atoms with Crippen LogP contribution in [0.4, 0.5) is 0 Å². The Morgan fingerprint density at radius 2 is 2.07 bits per heavy atom. The molecule has 0 radical (unpaired) electrons. The number of nitrogens with one attached hydrogen (secondary N) is 1. The van der Waals surface area contributed by atoms with Crippen molar-refractivity contribution in [1.29, 1.82) is 0 Å². The number of halogens is 1. The third-order valence-corrected chi connectivity index (χ3v) is 2.76. The Morgan fingerprint density at radius 3 is 2.71 bits per heavy atom. The molecule has 0 aliphatic rings. The molecule has 0 fully saturated rings. The topological polar surface area (TPSA) is 28.7 Å². The van der Waals surface area contributed by atoms with Crippen LogP contribution in [0.3, 0.4) is 0 Å². The highest BCUT2D eigenvalue weighted by Gasteiger charge is 2.10. The van der Waals surface area contributed by atoms with Gasteiger partial charge in [0.05, 0.1) is 10.5 Å². The van der Waals surface area contributed by atoms with Gasteiger partial charge in [0.15, 0.2) is 0 Å². The average Bonchev–Trinajstić information content (AvgIpc) is 2.46. The van der Waals surface area contributed by atoms with Crippen molar-refractivity contribution in [1.82, 2.24) is 9.97 Å². The Kier molecular flexibility index (Phi) is 2.23. The summed E-state index contributed by atoms with van der Waals surface area (Å²) in [5.41, 5.74) is 3.05. The lowest BCUT2D eigenvalue weighted by Gasteiger charge is -2.07. The highest BCUT2D eigenvalue weighted by Crippen LogP contribution is 2.30. The van der Waals surface area contributed by atoms with Gasteiger partial charge in [-0.3, -0.25) is 0 Å². The van der Waals surface area contributed by atoms with Crippen LogP contribution in [0.1, 0.15) is 31.2 Å². The van der Waals surface area contributed by atoms with Gasteiger partial charge in [0.1, 0.15) is 11.3 Å². The van der Waals surface area contributed by atoms with Crippen molar-refractivity contribution in [3.8, 4) is 0 Å². The molecule has 74 valence electrons. The molecule has 0 aliphatic carbocycles. The first-order valence-corrected chi connectivity index (χ1v) is 5.12. The van der Waals surface area contributed by atoms with Gasteiger partial charge >= 0.3 is 0 Å². The number of fused-ring (bicyclic) bond motifs is 1. The summed E-state index contributed by atoms with van der Waals surface area (Å²) in [5.74, 6) is 1.34. The standard InChI is InChI=1S/C11H13ClN2/c1-6(2)8-4-5-9-11(10(8)12)14-7(3)13-9/h4-6H,1-3H3,(H,13,14). The third kappa shape index (κ3) is 1.40. The number of aromatic nitrogens is 2. The summed E-state index contributed by atoms with van der Waals surface area (Å²) in [5, 5.41) is 0.779. The Bertz CT molecular complexity index is 471. The van der Waals surface area contributed by atoms with E-state index < -0.39 is 0 Å². The maximum Gasteiger partial charge on any atom is 0.107 e. The maximum absolute atomic E-state index is 6.27. The summed E-state index contributed by atoms with van der Waals surface area (Å²) in [6.45, 7) is 6.20. The van der Waals surface area contributed by atoms with Crippen LogP contribution in [0.15, 0.2) is 12.1 Å². The lowest BCUT2D eigenvalue weighted by Crippen LogP contribution is -1.89. The van der Waals surface area contributed by atoms with Crippen molar-refractivity contribution >= 4 is 22.6 Å². The molecule has 14 heavy (non-hydrogen) atoms. The highest BCUT2D eigenvalue weighted by molar-refractivity contribution is 6.35. The van der Waals surface area contributed by atoms with E-state index in [1.165, 1.54) is 0 Å². The number of nitrogens with zero attached hydrogens (tertiary/aromatic N) is 1. The normalized spacial score (nSPS) is 11.5. The van der Waals surface area contributed by atoms with E-state index in [4.69, 9.17) is 11.6 Å². The third-order valence-electron chi connectivity index (χ3n) is 2.36. The SMILES string of the molecule is Cc1nc2c(Cl)c(C(C)C)ccc2[nH]1. The number of aromatic amines is 1. The van der Waals surface area contributed by atoms with Gasteiger partial charge in [-0.1, -0.05) is 31.5 Å². The van der Waals surface area contributed by atoms with Crippen LogP contribution in [0.25, 0.3) is 11.0 Å². The molecule has 1 heterocycles. The van der Waals surface area contributed by atoms with Crippen LogP contribution in [-0.2, 0) is 0 Å². The van der Waals surface area contributed by atoms with E-state index in [2.05, 4.69) is 29.9 Å². The van der Waals surface area contributed by atoms with Crippen LogP contribution < -0.4 is 0 Å². The number of imidazole rings is 1. The zero-order valence-corrected chi connectivity index (χ0v) is 9.31. The maximum atomic E-state index is 6.27. The predicted octanol–water partition coefficient (Wildman–Crippen LogP) is 3.65. The lowest BCUT2D eigenvalue weighted by molar-refractivity contribution is 0.868. The molecule has 0 atom stereocenters. The van der Waals surface area contributed by atoms with E-state index in [9.17, 15) is 0 Å². The Hall–Kier alpha value is -1.02. The minimum Gasteiger partial charge on any atom is -0.342 e. The average molecular weight is 209 g/mol. The highest BCUT2D eigenvalue weighted by atomic mass is 35.5. The zero-order chi connectivity index (χ0) is 10.3. The Morgan fingerprint density at radius 1 is 1.36 bits per heavy atom. The molecule has 0 saturated heterocycles. The van der Waals surface area contributed by atoms with E-state index in [0.29, 0.717) is 5.92 Å². The van der Waals surface area contributed by atoms with Gasteiger partial charge in [-0.15, -0.1) is 0 Å². The van der Waals surface area contributed by atoms with Gasteiger partial charge in [0.2, 0.25) is 0 Å². The fraction of sp³-hybridized carbons (Fsp3) is 0.364. The van der Waals surface area contributed by atoms with Gasteiger partial charge in [-0.05, 0) is 24.5 Å². The smallest absolute Gasteiger partial charge is 0.107 e. The molecule has 0 bridgehead atoms. The van der Waals surface area contributed by atoms with Crippen LogP contribution in [0, 0.1) is 6.92 Å². The zero-order valence-electron chi connectivity index (χ0n) is 8.56. The predicted molar refractivity (Wildman–Crippen MR) is 59.9 cm³/mol. The van der Waals surface area contributed by atoms with E-state index in [-0.39, 0.29) is 0 Å². The lowest BCUT2D eigenvalue weighted by atomic mass is 10.0. The summed E-state index contributed by atoms with van der Waals surface area (Å²) in [6.07, 6.45) is 0. The second-order valence-electron chi connectivity index (χ2n) is 3.84. The van der Waals surface area contributed by atoms with Crippen LogP contribution in [0.5, 0.6) is 0 Å². The van der Waals surface area contributed by atoms with E-state index in [0.717, 1.165) is 27.4 Å². The summed E-state index contributed by atoms with van der Waals surface area (Å²) >= 11 is 6.27. The van der Waals surface area contributed by atoms with Gasteiger partial charge in [-0.25, -0.2) is 4.98 Å².